The number of carbonyl (C=O) groups excluding carboxylic acids is 3. The maximum atomic E-state index is 11.9. The van der Waals surface area contributed by atoms with Gasteiger partial charge in [0.2, 0.25) is 5.91 Å². The Balaban J connectivity index is 1.80. The molecule has 0 bridgehead atoms. The number of aromatic nitrogens is 2. The topological polar surface area (TPSA) is 113 Å². The molecule has 3 N–H and O–H groups in total. The quantitative estimate of drug-likeness (QED) is 0.645. The molecule has 0 aliphatic rings. The number of benzene rings is 1. The number of rotatable bonds is 7. The van der Waals surface area contributed by atoms with Gasteiger partial charge in [0.25, 0.3) is 5.91 Å². The summed E-state index contributed by atoms with van der Waals surface area (Å²) in [4.78, 5) is 34.9. The summed E-state index contributed by atoms with van der Waals surface area (Å²) >= 11 is 0. The van der Waals surface area contributed by atoms with Crippen LogP contribution < -0.4 is 10.6 Å². The second kappa shape index (κ2) is 8.62. The Morgan fingerprint density at radius 2 is 1.88 bits per heavy atom. The first-order chi connectivity index (χ1) is 12.0. The number of nitrogens with zero attached hydrogens (tertiary/aromatic N) is 1. The largest absolute Gasteiger partial charge is 0.451 e. The smallest absolute Gasteiger partial charge is 0.356 e. The fraction of sp³-hybridized carbons (Fsp3) is 0.294. The van der Waals surface area contributed by atoms with E-state index in [9.17, 15) is 14.4 Å². The third kappa shape index (κ3) is 5.76. The minimum atomic E-state index is -0.698. The zero-order valence-corrected chi connectivity index (χ0v) is 14.0. The van der Waals surface area contributed by atoms with Gasteiger partial charge in [0, 0.05) is 11.6 Å². The van der Waals surface area contributed by atoms with Crippen LogP contribution in [0.4, 0.5) is 0 Å². The summed E-state index contributed by atoms with van der Waals surface area (Å²) in [6.45, 7) is 2.98. The van der Waals surface area contributed by atoms with E-state index in [0.717, 1.165) is 5.56 Å². The van der Waals surface area contributed by atoms with Crippen LogP contribution in [0.2, 0.25) is 0 Å². The molecule has 1 aromatic carbocycles. The Morgan fingerprint density at radius 1 is 1.16 bits per heavy atom. The van der Waals surface area contributed by atoms with Crippen molar-refractivity contribution in [1.29, 1.82) is 0 Å². The van der Waals surface area contributed by atoms with Crippen LogP contribution in [0.1, 0.15) is 24.3 Å². The first-order valence-electron chi connectivity index (χ1n) is 7.79. The minimum Gasteiger partial charge on any atom is -0.451 e. The Bertz CT molecular complexity index is 740. The molecule has 2 rings (SSSR count). The van der Waals surface area contributed by atoms with Gasteiger partial charge in [-0.1, -0.05) is 30.3 Å². The molecule has 0 unspecified atom stereocenters. The van der Waals surface area contributed by atoms with Crippen molar-refractivity contribution < 1.29 is 19.1 Å². The highest BCUT2D eigenvalue weighted by Gasteiger charge is 2.14. The molecule has 0 aliphatic heterocycles. The van der Waals surface area contributed by atoms with Gasteiger partial charge in [0.1, 0.15) is 5.69 Å². The lowest BCUT2D eigenvalue weighted by atomic mass is 10.1. The normalized spacial score (nSPS) is 10.4. The molecular weight excluding hydrogens is 324 g/mol. The Kier molecular flexibility index (Phi) is 6.27. The highest BCUT2D eigenvalue weighted by molar-refractivity contribution is 5.91. The fourth-order valence-electron chi connectivity index (χ4n) is 1.99. The summed E-state index contributed by atoms with van der Waals surface area (Å²) in [5.74, 6) is -1.57. The predicted molar refractivity (Wildman–Crippen MR) is 90.6 cm³/mol. The van der Waals surface area contributed by atoms with Gasteiger partial charge in [-0.05, 0) is 19.9 Å². The second-order valence-corrected chi connectivity index (χ2v) is 5.61. The molecule has 8 nitrogen and oxygen atoms in total. The average Bonchev–Trinajstić information content (AvgIpc) is 3.08. The molecule has 25 heavy (non-hydrogen) atoms. The molecule has 8 heteroatoms. The number of H-pyrrole nitrogens is 1. The van der Waals surface area contributed by atoms with Gasteiger partial charge in [-0.3, -0.25) is 14.7 Å². The van der Waals surface area contributed by atoms with Crippen LogP contribution in [0.25, 0.3) is 11.3 Å². The summed E-state index contributed by atoms with van der Waals surface area (Å²) in [6, 6.07) is 10.9. The third-order valence-corrected chi connectivity index (χ3v) is 3.10. The molecule has 0 spiro atoms. The second-order valence-electron chi connectivity index (χ2n) is 5.61. The van der Waals surface area contributed by atoms with Crippen LogP contribution in [0, 0.1) is 0 Å². The van der Waals surface area contributed by atoms with Crippen molar-refractivity contribution in [3.63, 3.8) is 0 Å². The zero-order valence-electron chi connectivity index (χ0n) is 14.0. The Labute approximate surface area is 145 Å². The summed E-state index contributed by atoms with van der Waals surface area (Å²) < 4.78 is 4.90. The van der Waals surface area contributed by atoms with E-state index < -0.39 is 18.5 Å². The fourth-order valence-corrected chi connectivity index (χ4v) is 1.99. The molecule has 0 radical (unpaired) electrons. The Hall–Kier alpha value is -3.16. The van der Waals surface area contributed by atoms with E-state index in [4.69, 9.17) is 4.74 Å². The molecule has 2 aromatic rings. The summed E-state index contributed by atoms with van der Waals surface area (Å²) in [5.41, 5.74) is 1.60. The average molecular weight is 344 g/mol. The lowest BCUT2D eigenvalue weighted by Crippen LogP contribution is -2.41. The SMILES string of the molecule is CC(C)NC(=O)CNC(=O)COC(=O)c1cc(-c2ccccc2)n[nH]1. The third-order valence-electron chi connectivity index (χ3n) is 3.10. The van der Waals surface area contributed by atoms with E-state index in [-0.39, 0.29) is 24.2 Å². The van der Waals surface area contributed by atoms with Crippen molar-refractivity contribution in [1.82, 2.24) is 20.8 Å². The van der Waals surface area contributed by atoms with Crippen molar-refractivity contribution in [2.24, 2.45) is 0 Å². The van der Waals surface area contributed by atoms with Gasteiger partial charge in [0.15, 0.2) is 6.61 Å². The summed E-state index contributed by atoms with van der Waals surface area (Å²) in [7, 11) is 0. The van der Waals surface area contributed by atoms with Crippen LogP contribution in [0.5, 0.6) is 0 Å². The number of hydrogen-bond acceptors (Lipinski definition) is 5. The van der Waals surface area contributed by atoms with Crippen molar-refractivity contribution in [2.75, 3.05) is 13.2 Å². The molecule has 0 saturated carbocycles. The molecular formula is C17H20N4O4. The van der Waals surface area contributed by atoms with Gasteiger partial charge in [-0.25, -0.2) is 4.79 Å². The number of hydrogen-bond donors (Lipinski definition) is 3. The maximum Gasteiger partial charge on any atom is 0.356 e. The maximum absolute atomic E-state index is 11.9. The van der Waals surface area contributed by atoms with Crippen LogP contribution in [0.15, 0.2) is 36.4 Å². The summed E-state index contributed by atoms with van der Waals surface area (Å²) in [5, 5.41) is 11.6. The first-order valence-corrected chi connectivity index (χ1v) is 7.79. The van der Waals surface area contributed by atoms with E-state index in [2.05, 4.69) is 20.8 Å². The van der Waals surface area contributed by atoms with E-state index in [0.29, 0.717) is 5.69 Å². The van der Waals surface area contributed by atoms with Gasteiger partial charge >= 0.3 is 5.97 Å². The van der Waals surface area contributed by atoms with E-state index >= 15 is 0 Å². The number of ether oxygens (including phenoxy) is 1. The van der Waals surface area contributed by atoms with Gasteiger partial charge in [-0.2, -0.15) is 5.10 Å². The zero-order chi connectivity index (χ0) is 18.2. The van der Waals surface area contributed by atoms with Crippen LogP contribution in [0.3, 0.4) is 0 Å². The highest BCUT2D eigenvalue weighted by Crippen LogP contribution is 2.17. The predicted octanol–water partition coefficient (Wildman–Crippen LogP) is 0.874. The van der Waals surface area contributed by atoms with E-state index in [1.54, 1.807) is 6.07 Å². The number of aromatic amines is 1. The Morgan fingerprint density at radius 3 is 2.56 bits per heavy atom. The molecule has 0 atom stereocenters. The van der Waals surface area contributed by atoms with Gasteiger partial charge in [0.05, 0.1) is 12.2 Å². The van der Waals surface area contributed by atoms with Gasteiger partial charge in [-0.15, -0.1) is 0 Å². The number of amides is 2. The molecule has 2 amide bonds. The van der Waals surface area contributed by atoms with E-state index in [1.165, 1.54) is 0 Å². The minimum absolute atomic E-state index is 0.0126. The van der Waals surface area contributed by atoms with Crippen LogP contribution in [-0.2, 0) is 14.3 Å². The summed E-state index contributed by atoms with van der Waals surface area (Å²) in [6.07, 6.45) is 0. The molecule has 0 fully saturated rings. The molecule has 132 valence electrons. The van der Waals surface area contributed by atoms with Crippen molar-refractivity contribution in [2.45, 2.75) is 19.9 Å². The van der Waals surface area contributed by atoms with Crippen LogP contribution >= 0.6 is 0 Å². The molecule has 0 saturated heterocycles. The standard InChI is InChI=1S/C17H20N4O4/c1-11(2)19-15(22)9-18-16(23)10-25-17(24)14-8-13(20-21-14)12-6-4-3-5-7-12/h3-8,11H,9-10H2,1-2H3,(H,18,23)(H,19,22)(H,20,21). The monoisotopic (exact) mass is 344 g/mol. The first kappa shape index (κ1) is 18.2. The lowest BCUT2D eigenvalue weighted by molar-refractivity contribution is -0.128. The van der Waals surface area contributed by atoms with Crippen molar-refractivity contribution in [3.05, 3.63) is 42.1 Å². The lowest BCUT2D eigenvalue weighted by Gasteiger charge is -2.09. The van der Waals surface area contributed by atoms with Crippen LogP contribution in [-0.4, -0.2) is 47.2 Å². The van der Waals surface area contributed by atoms with E-state index in [1.807, 2.05) is 44.2 Å². The van der Waals surface area contributed by atoms with Crippen molar-refractivity contribution >= 4 is 17.8 Å². The number of carbonyl (C=O) groups is 3. The highest BCUT2D eigenvalue weighted by atomic mass is 16.5. The molecule has 1 heterocycles. The number of nitrogens with one attached hydrogen (secondary N) is 3. The number of esters is 1. The van der Waals surface area contributed by atoms with Crippen molar-refractivity contribution in [3.8, 4) is 11.3 Å². The molecule has 0 aliphatic carbocycles. The molecule has 1 aromatic heterocycles. The van der Waals surface area contributed by atoms with Gasteiger partial charge < -0.3 is 15.4 Å².